The maximum atomic E-state index is 7.10. The van der Waals surface area contributed by atoms with Gasteiger partial charge in [-0.25, -0.2) is 0 Å². The molecule has 1 atom stereocenters. The van der Waals surface area contributed by atoms with Crippen LogP contribution in [-0.4, -0.2) is 12.6 Å². The van der Waals surface area contributed by atoms with E-state index in [0.29, 0.717) is 11.8 Å². The molecule has 0 N–H and O–H groups in total. The zero-order chi connectivity index (χ0) is 39.4. The van der Waals surface area contributed by atoms with Gasteiger partial charge < -0.3 is 4.42 Å². The lowest BCUT2D eigenvalue weighted by molar-refractivity contribution is -0.944. The lowest BCUT2D eigenvalue weighted by atomic mass is 9.86. The van der Waals surface area contributed by atoms with Crippen molar-refractivity contribution >= 4 is 77.7 Å². The minimum Gasteiger partial charge on any atom is -0.455 e. The molecule has 282 valence electrons. The fourth-order valence-corrected chi connectivity index (χ4v) is 13.3. The Balaban J connectivity index is 1.32. The quantitative estimate of drug-likeness (QED) is 0.129. The molecule has 1 unspecified atom stereocenters. The number of hydrogen-bond acceptors (Lipinski definition) is 2. The van der Waals surface area contributed by atoms with Crippen LogP contribution in [0.15, 0.2) is 138 Å². The van der Waals surface area contributed by atoms with Crippen LogP contribution in [0.3, 0.4) is 0 Å². The summed E-state index contributed by atoms with van der Waals surface area (Å²) in [6.45, 7) is 16.9. The van der Waals surface area contributed by atoms with Crippen molar-refractivity contribution < 1.29 is 13.6 Å². The highest BCUT2D eigenvalue weighted by atomic mass is 32.1. The Morgan fingerprint density at radius 3 is 2.24 bits per heavy atom. The SMILES string of the molecule is CC(C)c1ccc2c(c1)C1(c3ccc4c(oc5ccccc54)c3-c3n(-c4ccc5sc6ccccc6c5c4)c4ccccc4[n+]31)[n+]1cc([Si](C)(C)C)c(C(C)C)cc1-2. The second kappa shape index (κ2) is 11.6. The highest BCUT2D eigenvalue weighted by molar-refractivity contribution is 7.25. The maximum Gasteiger partial charge on any atom is 0.364 e. The van der Waals surface area contributed by atoms with Gasteiger partial charge in [-0.1, -0.05) is 102 Å². The van der Waals surface area contributed by atoms with E-state index < -0.39 is 13.7 Å². The van der Waals surface area contributed by atoms with E-state index in [9.17, 15) is 0 Å². The molecule has 2 aliphatic rings. The molecular formula is C52H45N3OSSi+2. The molecule has 1 spiro atoms. The maximum absolute atomic E-state index is 7.10. The Bertz CT molecular complexity index is 3410. The van der Waals surface area contributed by atoms with Crippen molar-refractivity contribution in [2.45, 2.75) is 64.8 Å². The molecule has 4 nitrogen and oxygen atoms in total. The predicted octanol–water partition coefficient (Wildman–Crippen LogP) is 12.5. The average molecular weight is 788 g/mol. The van der Waals surface area contributed by atoms with E-state index in [1.54, 1.807) is 0 Å². The van der Waals surface area contributed by atoms with E-state index in [0.717, 1.165) is 39.0 Å². The van der Waals surface area contributed by atoms with Crippen LogP contribution in [0.1, 0.15) is 61.8 Å². The third-order valence-corrected chi connectivity index (χ3v) is 16.3. The lowest BCUT2D eigenvalue weighted by Gasteiger charge is -2.25. The van der Waals surface area contributed by atoms with Gasteiger partial charge in [-0.05, 0) is 89.7 Å². The molecule has 12 rings (SSSR count). The van der Waals surface area contributed by atoms with Gasteiger partial charge in [-0.2, -0.15) is 4.57 Å². The standard InChI is InChI=1S/C52H45N3OSSi/c1-30(2)32-20-22-37-41(26-32)52(53-29-48(58(5,6)7)38(31(3)4)28-44(37)53)40-24-23-36-34-14-8-12-18-45(34)56-50(36)49(40)51-54(42-16-10-11-17-43(42)55(51)52)33-21-25-47-39(27-33)35-15-9-13-19-46(35)57-47/h8-31H,1-7H3/q+2. The van der Waals surface area contributed by atoms with Crippen LogP contribution in [0.4, 0.5) is 0 Å². The minimum absolute atomic E-state index is 0.372. The number of pyridine rings is 1. The fourth-order valence-electron chi connectivity index (χ4n) is 10.5. The molecular weight excluding hydrogens is 743 g/mol. The van der Waals surface area contributed by atoms with Crippen LogP contribution in [0.2, 0.25) is 19.6 Å². The topological polar surface area (TPSA) is 25.8 Å². The van der Waals surface area contributed by atoms with E-state index in [4.69, 9.17) is 4.42 Å². The molecule has 0 aliphatic carbocycles. The molecule has 4 aromatic heterocycles. The van der Waals surface area contributed by atoms with Crippen molar-refractivity contribution in [3.63, 3.8) is 0 Å². The monoisotopic (exact) mass is 787 g/mol. The first-order valence-electron chi connectivity index (χ1n) is 20.7. The zero-order valence-electron chi connectivity index (χ0n) is 34.0. The largest absolute Gasteiger partial charge is 0.455 e. The van der Waals surface area contributed by atoms with Gasteiger partial charge >= 0.3 is 11.5 Å². The molecule has 10 aromatic rings. The van der Waals surface area contributed by atoms with Crippen LogP contribution < -0.4 is 14.3 Å². The van der Waals surface area contributed by atoms with Gasteiger partial charge in [0.25, 0.3) is 0 Å². The summed E-state index contributed by atoms with van der Waals surface area (Å²) in [4.78, 5) is 0. The van der Waals surface area contributed by atoms with Gasteiger partial charge in [0.2, 0.25) is 5.69 Å². The Labute approximate surface area is 343 Å². The van der Waals surface area contributed by atoms with Crippen LogP contribution in [0.25, 0.3) is 81.5 Å². The average Bonchev–Trinajstić information content (AvgIpc) is 4.00. The number of benzene rings is 6. The Hall–Kier alpha value is -5.82. The molecule has 0 bridgehead atoms. The van der Waals surface area contributed by atoms with Crippen LogP contribution in [-0.2, 0) is 5.66 Å². The Morgan fingerprint density at radius 1 is 0.672 bits per heavy atom. The molecule has 0 fully saturated rings. The molecule has 6 heteroatoms. The van der Waals surface area contributed by atoms with E-state index in [1.807, 2.05) is 11.3 Å². The van der Waals surface area contributed by atoms with Gasteiger partial charge in [-0.3, -0.25) is 0 Å². The molecule has 2 aliphatic heterocycles. The third kappa shape index (κ3) is 4.29. The summed E-state index contributed by atoms with van der Waals surface area (Å²) < 4.78 is 17.6. The van der Waals surface area contributed by atoms with Gasteiger partial charge in [-0.15, -0.1) is 20.5 Å². The predicted molar refractivity (Wildman–Crippen MR) is 244 cm³/mol. The smallest absolute Gasteiger partial charge is 0.364 e. The van der Waals surface area contributed by atoms with Crippen molar-refractivity contribution in [2.24, 2.45) is 0 Å². The number of furan rings is 1. The van der Waals surface area contributed by atoms with Crippen molar-refractivity contribution in [1.29, 1.82) is 0 Å². The number of fused-ring (bicyclic) bond motifs is 19. The summed E-state index contributed by atoms with van der Waals surface area (Å²) in [7, 11) is -1.83. The van der Waals surface area contributed by atoms with Gasteiger partial charge in [0.15, 0.2) is 22.8 Å². The lowest BCUT2D eigenvalue weighted by Crippen LogP contribution is -2.72. The Kier molecular flexibility index (Phi) is 6.88. The Morgan fingerprint density at radius 2 is 1.43 bits per heavy atom. The van der Waals surface area contributed by atoms with Crippen LogP contribution >= 0.6 is 11.3 Å². The summed E-state index contributed by atoms with van der Waals surface area (Å²) in [5.74, 6) is 1.92. The summed E-state index contributed by atoms with van der Waals surface area (Å²) >= 11 is 1.87. The first kappa shape index (κ1) is 34.2. The summed E-state index contributed by atoms with van der Waals surface area (Å²) in [5.41, 5.74) is 13.8. The molecule has 58 heavy (non-hydrogen) atoms. The van der Waals surface area contributed by atoms with Crippen molar-refractivity contribution in [3.05, 3.63) is 156 Å². The van der Waals surface area contributed by atoms with Crippen molar-refractivity contribution in [2.75, 3.05) is 0 Å². The highest BCUT2D eigenvalue weighted by Gasteiger charge is 2.67. The number of hydrogen-bond donors (Lipinski definition) is 0. The number of nitrogens with zero attached hydrogens (tertiary/aromatic N) is 3. The molecule has 0 radical (unpaired) electrons. The number of imidazole rings is 1. The van der Waals surface area contributed by atoms with E-state index >= 15 is 0 Å². The number of rotatable bonds is 4. The molecule has 6 heterocycles. The molecule has 6 aromatic carbocycles. The summed E-state index contributed by atoms with van der Waals surface area (Å²) in [6, 6.07) is 48.1. The van der Waals surface area contributed by atoms with Crippen LogP contribution in [0.5, 0.6) is 0 Å². The normalized spacial score (nSPS) is 15.9. The number of para-hydroxylation sites is 3. The van der Waals surface area contributed by atoms with Gasteiger partial charge in [0, 0.05) is 42.2 Å². The number of thiophene rings is 1. The highest BCUT2D eigenvalue weighted by Crippen LogP contribution is 2.53. The fraction of sp³-hybridized carbons (Fsp3) is 0.192. The first-order chi connectivity index (χ1) is 28.1. The van der Waals surface area contributed by atoms with E-state index in [1.165, 1.54) is 69.9 Å². The second-order valence-corrected chi connectivity index (χ2v) is 24.3. The van der Waals surface area contributed by atoms with Crippen LogP contribution in [0, 0.1) is 0 Å². The second-order valence-electron chi connectivity index (χ2n) is 18.2. The van der Waals surface area contributed by atoms with Crippen molar-refractivity contribution in [1.82, 2.24) is 4.57 Å². The molecule has 0 amide bonds. The summed E-state index contributed by atoms with van der Waals surface area (Å²) in [6.07, 6.45) is 2.58. The third-order valence-electron chi connectivity index (χ3n) is 13.1. The first-order valence-corrected chi connectivity index (χ1v) is 25.1. The van der Waals surface area contributed by atoms with Crippen molar-refractivity contribution in [3.8, 4) is 28.3 Å². The minimum atomic E-state index is -1.83. The number of aromatic nitrogens is 3. The van der Waals surface area contributed by atoms with E-state index in [2.05, 4.69) is 195 Å². The van der Waals surface area contributed by atoms with E-state index in [-0.39, 0.29) is 0 Å². The van der Waals surface area contributed by atoms with Gasteiger partial charge in [0.05, 0.1) is 24.8 Å². The molecule has 0 saturated carbocycles. The zero-order valence-corrected chi connectivity index (χ0v) is 35.8. The summed E-state index contributed by atoms with van der Waals surface area (Å²) in [5, 5.41) is 6.40. The molecule has 0 saturated heterocycles. The van der Waals surface area contributed by atoms with Gasteiger partial charge in [0.1, 0.15) is 16.8 Å².